The highest BCUT2D eigenvalue weighted by Gasteiger charge is 2.24. The molecule has 126 valence electrons. The summed E-state index contributed by atoms with van der Waals surface area (Å²) in [6.45, 7) is 5.83. The van der Waals surface area contributed by atoms with Crippen molar-refractivity contribution < 1.29 is 4.79 Å². The van der Waals surface area contributed by atoms with E-state index in [-0.39, 0.29) is 11.9 Å². The van der Waals surface area contributed by atoms with Crippen molar-refractivity contribution in [3.05, 3.63) is 58.6 Å². The number of carbonyl (C=O) groups is 1. The fraction of sp³-hybridized carbons (Fsp3) is 0.368. The van der Waals surface area contributed by atoms with Crippen LogP contribution in [0.3, 0.4) is 0 Å². The molecule has 1 aromatic heterocycles. The van der Waals surface area contributed by atoms with E-state index in [1.165, 1.54) is 16.9 Å². The third kappa shape index (κ3) is 4.52. The lowest BCUT2D eigenvalue weighted by molar-refractivity contribution is -0.127. The fourth-order valence-electron chi connectivity index (χ4n) is 3.12. The SMILES string of the molecule is C[C@H]1CN(Cc2ccccc2)CCCN1C(=O)/C=C/c1cscn1. The molecular weight excluding hydrogens is 318 g/mol. The van der Waals surface area contributed by atoms with E-state index in [1.54, 1.807) is 17.7 Å². The Balaban J connectivity index is 1.59. The van der Waals surface area contributed by atoms with E-state index in [2.05, 4.69) is 41.1 Å². The minimum absolute atomic E-state index is 0.0806. The molecule has 24 heavy (non-hydrogen) atoms. The van der Waals surface area contributed by atoms with Crippen LogP contribution in [-0.2, 0) is 11.3 Å². The van der Waals surface area contributed by atoms with Crippen molar-refractivity contribution >= 4 is 23.3 Å². The Morgan fingerprint density at radius 2 is 2.17 bits per heavy atom. The van der Waals surface area contributed by atoms with Crippen molar-refractivity contribution in [2.24, 2.45) is 0 Å². The van der Waals surface area contributed by atoms with E-state index in [1.807, 2.05) is 16.3 Å². The molecule has 3 rings (SSSR count). The van der Waals surface area contributed by atoms with Gasteiger partial charge in [-0.05, 0) is 25.0 Å². The molecule has 1 aliphatic heterocycles. The lowest BCUT2D eigenvalue weighted by Crippen LogP contribution is -2.41. The molecule has 0 radical (unpaired) electrons. The largest absolute Gasteiger partial charge is 0.335 e. The van der Waals surface area contributed by atoms with Gasteiger partial charge < -0.3 is 4.90 Å². The Labute approximate surface area is 147 Å². The maximum atomic E-state index is 12.5. The first-order valence-corrected chi connectivity index (χ1v) is 9.30. The molecule has 1 atom stereocenters. The van der Waals surface area contributed by atoms with Gasteiger partial charge in [-0.2, -0.15) is 0 Å². The van der Waals surface area contributed by atoms with Crippen LogP contribution >= 0.6 is 11.3 Å². The second kappa shape index (κ2) is 8.22. The predicted octanol–water partition coefficient (Wildman–Crippen LogP) is 3.28. The van der Waals surface area contributed by atoms with Gasteiger partial charge in [0.25, 0.3) is 0 Å². The maximum Gasteiger partial charge on any atom is 0.246 e. The number of hydrogen-bond donors (Lipinski definition) is 0. The molecule has 0 unspecified atom stereocenters. The fourth-order valence-corrected chi connectivity index (χ4v) is 3.64. The Hall–Kier alpha value is -1.98. The number of thiazole rings is 1. The number of hydrogen-bond acceptors (Lipinski definition) is 4. The topological polar surface area (TPSA) is 36.4 Å². The summed E-state index contributed by atoms with van der Waals surface area (Å²) in [4.78, 5) is 21.1. The smallest absolute Gasteiger partial charge is 0.246 e. The van der Waals surface area contributed by atoms with Gasteiger partial charge in [-0.15, -0.1) is 11.3 Å². The van der Waals surface area contributed by atoms with E-state index < -0.39 is 0 Å². The van der Waals surface area contributed by atoms with Crippen LogP contribution in [0.25, 0.3) is 6.08 Å². The lowest BCUT2D eigenvalue weighted by atomic mass is 10.2. The highest BCUT2D eigenvalue weighted by atomic mass is 32.1. The van der Waals surface area contributed by atoms with E-state index in [9.17, 15) is 4.79 Å². The summed E-state index contributed by atoms with van der Waals surface area (Å²) < 4.78 is 0. The molecule has 0 saturated carbocycles. The van der Waals surface area contributed by atoms with Crippen molar-refractivity contribution in [2.45, 2.75) is 25.9 Å². The zero-order chi connectivity index (χ0) is 16.8. The number of carbonyl (C=O) groups excluding carboxylic acids is 1. The molecule has 1 saturated heterocycles. The van der Waals surface area contributed by atoms with Gasteiger partial charge in [0, 0.05) is 43.7 Å². The Morgan fingerprint density at radius 3 is 2.92 bits per heavy atom. The molecular formula is C19H23N3OS. The minimum atomic E-state index is 0.0806. The van der Waals surface area contributed by atoms with E-state index >= 15 is 0 Å². The van der Waals surface area contributed by atoms with Crippen LogP contribution < -0.4 is 0 Å². The highest BCUT2D eigenvalue weighted by molar-refractivity contribution is 7.07. The number of benzene rings is 1. The first-order chi connectivity index (χ1) is 11.7. The van der Waals surface area contributed by atoms with Crippen LogP contribution in [0.2, 0.25) is 0 Å². The van der Waals surface area contributed by atoms with E-state index in [0.717, 1.165) is 38.3 Å². The minimum Gasteiger partial charge on any atom is -0.335 e. The molecule has 1 aliphatic rings. The molecule has 2 heterocycles. The lowest BCUT2D eigenvalue weighted by Gasteiger charge is -2.28. The summed E-state index contributed by atoms with van der Waals surface area (Å²) in [5.74, 6) is 0.0806. The summed E-state index contributed by atoms with van der Waals surface area (Å²) in [5.41, 5.74) is 3.95. The molecule has 0 bridgehead atoms. The molecule has 0 spiro atoms. The van der Waals surface area contributed by atoms with Gasteiger partial charge in [0.05, 0.1) is 11.2 Å². The monoisotopic (exact) mass is 341 g/mol. The predicted molar refractivity (Wildman–Crippen MR) is 98.7 cm³/mol. The number of nitrogens with zero attached hydrogens (tertiary/aromatic N) is 3. The number of amides is 1. The van der Waals surface area contributed by atoms with Gasteiger partial charge in [0.2, 0.25) is 5.91 Å². The van der Waals surface area contributed by atoms with E-state index in [4.69, 9.17) is 0 Å². The average molecular weight is 341 g/mol. The zero-order valence-corrected chi connectivity index (χ0v) is 14.8. The van der Waals surface area contributed by atoms with Gasteiger partial charge in [0.1, 0.15) is 0 Å². The Morgan fingerprint density at radius 1 is 1.33 bits per heavy atom. The van der Waals surface area contributed by atoms with Crippen LogP contribution in [-0.4, -0.2) is 46.4 Å². The van der Waals surface area contributed by atoms with Crippen LogP contribution in [0, 0.1) is 0 Å². The third-order valence-corrected chi connectivity index (χ3v) is 4.91. The molecule has 0 aliphatic carbocycles. The molecule has 4 nitrogen and oxygen atoms in total. The molecule has 1 aromatic carbocycles. The van der Waals surface area contributed by atoms with Crippen LogP contribution in [0.1, 0.15) is 24.6 Å². The Kier molecular flexibility index (Phi) is 5.77. The quantitative estimate of drug-likeness (QED) is 0.801. The van der Waals surface area contributed by atoms with E-state index in [0.29, 0.717) is 0 Å². The standard InChI is InChI=1S/C19H23N3OS/c1-16-12-21(13-17-6-3-2-4-7-17)10-5-11-22(16)19(23)9-8-18-14-24-15-20-18/h2-4,6-9,14-16H,5,10-13H2,1H3/b9-8+/t16-/m0/s1. The van der Waals surface area contributed by atoms with Crippen molar-refractivity contribution in [3.63, 3.8) is 0 Å². The molecule has 1 amide bonds. The maximum absolute atomic E-state index is 12.5. The summed E-state index contributed by atoms with van der Waals surface area (Å²) in [5, 5.41) is 1.94. The molecule has 1 fully saturated rings. The molecule has 2 aromatic rings. The first kappa shape index (κ1) is 16.9. The summed E-state index contributed by atoms with van der Waals surface area (Å²) in [6.07, 6.45) is 4.46. The molecule has 0 N–H and O–H groups in total. The zero-order valence-electron chi connectivity index (χ0n) is 14.0. The van der Waals surface area contributed by atoms with Gasteiger partial charge in [-0.25, -0.2) is 4.98 Å². The number of rotatable bonds is 4. The van der Waals surface area contributed by atoms with Gasteiger partial charge in [0.15, 0.2) is 0 Å². The Bertz CT molecular complexity index is 669. The highest BCUT2D eigenvalue weighted by Crippen LogP contribution is 2.14. The number of aromatic nitrogens is 1. The molecule has 5 heteroatoms. The van der Waals surface area contributed by atoms with Crippen LogP contribution in [0.5, 0.6) is 0 Å². The third-order valence-electron chi connectivity index (χ3n) is 4.31. The van der Waals surface area contributed by atoms with Gasteiger partial charge in [-0.3, -0.25) is 9.69 Å². The summed E-state index contributed by atoms with van der Waals surface area (Å²) >= 11 is 1.54. The second-order valence-corrected chi connectivity index (χ2v) is 6.92. The van der Waals surface area contributed by atoms with Crippen molar-refractivity contribution in [3.8, 4) is 0 Å². The van der Waals surface area contributed by atoms with Crippen molar-refractivity contribution in [1.29, 1.82) is 0 Å². The van der Waals surface area contributed by atoms with Crippen molar-refractivity contribution in [2.75, 3.05) is 19.6 Å². The second-order valence-electron chi connectivity index (χ2n) is 6.20. The average Bonchev–Trinajstić information content (AvgIpc) is 3.04. The summed E-state index contributed by atoms with van der Waals surface area (Å²) in [7, 11) is 0. The summed E-state index contributed by atoms with van der Waals surface area (Å²) in [6, 6.07) is 10.7. The van der Waals surface area contributed by atoms with Crippen molar-refractivity contribution in [1.82, 2.24) is 14.8 Å². The van der Waals surface area contributed by atoms with Crippen LogP contribution in [0.15, 0.2) is 47.3 Å². The van der Waals surface area contributed by atoms with Gasteiger partial charge in [-0.1, -0.05) is 30.3 Å². The normalized spacial score (nSPS) is 19.5. The first-order valence-electron chi connectivity index (χ1n) is 8.35. The van der Waals surface area contributed by atoms with Gasteiger partial charge >= 0.3 is 0 Å². The van der Waals surface area contributed by atoms with Crippen LogP contribution in [0.4, 0.5) is 0 Å².